The van der Waals surface area contributed by atoms with E-state index in [2.05, 4.69) is 43.8 Å². The van der Waals surface area contributed by atoms with Crippen molar-refractivity contribution in [1.82, 2.24) is 9.97 Å². The number of rotatable bonds is 7. The van der Waals surface area contributed by atoms with Crippen molar-refractivity contribution in [3.63, 3.8) is 0 Å². The Bertz CT molecular complexity index is 1330. The number of benzene rings is 3. The Morgan fingerprint density at radius 2 is 1.73 bits per heavy atom. The van der Waals surface area contributed by atoms with Crippen molar-refractivity contribution in [3.8, 4) is 29.4 Å². The Kier molecular flexibility index (Phi) is 6.51. The van der Waals surface area contributed by atoms with E-state index in [0.29, 0.717) is 28.4 Å². The van der Waals surface area contributed by atoms with Crippen LogP contribution < -0.4 is 4.74 Å². The number of aryl methyl sites for hydroxylation is 1. The highest BCUT2D eigenvalue weighted by Crippen LogP contribution is 2.31. The number of fused-ring (bicyclic) bond motifs is 1. The highest BCUT2D eigenvalue weighted by Gasteiger charge is 2.18. The molecular weight excluding hydrogens is 408 g/mol. The first-order chi connectivity index (χ1) is 16.0. The molecule has 4 rings (SSSR count). The molecule has 0 atom stereocenters. The lowest BCUT2D eigenvalue weighted by atomic mass is 9.99. The van der Waals surface area contributed by atoms with Crippen LogP contribution in [0.15, 0.2) is 66.7 Å². The minimum atomic E-state index is -0.202. The molecule has 4 heteroatoms. The summed E-state index contributed by atoms with van der Waals surface area (Å²) in [6.07, 6.45) is 6.26. The quantitative estimate of drug-likeness (QED) is 0.256. The standard InChI is InChI=1S/C29H26N2O2/c1-5-17-33-24-15-16-26-25(18-24)27(22-13-11-21(12-14-22)19(3)4)31-29(30-26)28(32)23-9-7-20(6-2)8-10-23/h1,7-16,18-19H,6,17H2,2-4H3. The van der Waals surface area contributed by atoms with Gasteiger partial charge < -0.3 is 4.74 Å². The topological polar surface area (TPSA) is 52.1 Å². The van der Waals surface area contributed by atoms with Crippen LogP contribution >= 0.6 is 0 Å². The predicted octanol–water partition coefficient (Wildman–Crippen LogP) is 6.23. The smallest absolute Gasteiger partial charge is 0.230 e. The summed E-state index contributed by atoms with van der Waals surface area (Å²) in [6.45, 7) is 6.58. The van der Waals surface area contributed by atoms with Gasteiger partial charge in [-0.25, -0.2) is 9.97 Å². The average Bonchev–Trinajstić information content (AvgIpc) is 2.86. The molecule has 164 valence electrons. The third-order valence-corrected chi connectivity index (χ3v) is 5.67. The van der Waals surface area contributed by atoms with Gasteiger partial charge >= 0.3 is 0 Å². The fraction of sp³-hybridized carbons (Fsp3) is 0.207. The van der Waals surface area contributed by atoms with Gasteiger partial charge in [0.1, 0.15) is 12.4 Å². The van der Waals surface area contributed by atoms with E-state index in [-0.39, 0.29) is 18.2 Å². The molecule has 0 unspecified atom stereocenters. The first-order valence-corrected chi connectivity index (χ1v) is 11.1. The third kappa shape index (κ3) is 4.78. The molecule has 33 heavy (non-hydrogen) atoms. The molecule has 0 N–H and O–H groups in total. The predicted molar refractivity (Wildman–Crippen MR) is 133 cm³/mol. The van der Waals surface area contributed by atoms with Gasteiger partial charge in [-0.3, -0.25) is 4.79 Å². The number of carbonyl (C=O) groups is 1. The fourth-order valence-corrected chi connectivity index (χ4v) is 3.69. The average molecular weight is 435 g/mol. The largest absolute Gasteiger partial charge is 0.481 e. The molecular formula is C29H26N2O2. The number of ether oxygens (including phenoxy) is 1. The SMILES string of the molecule is C#CCOc1ccc2nc(C(=O)c3ccc(CC)cc3)nc(-c3ccc(C(C)C)cc3)c2c1. The van der Waals surface area contributed by atoms with Gasteiger partial charge in [-0.15, -0.1) is 6.42 Å². The second kappa shape index (κ2) is 9.67. The van der Waals surface area contributed by atoms with E-state index in [1.54, 1.807) is 0 Å². The van der Waals surface area contributed by atoms with Gasteiger partial charge in [0.25, 0.3) is 0 Å². The molecule has 0 aliphatic heterocycles. The molecule has 1 aromatic heterocycles. The Balaban J connectivity index is 1.85. The molecule has 1 heterocycles. The second-order valence-electron chi connectivity index (χ2n) is 8.22. The number of carbonyl (C=O) groups excluding carboxylic acids is 1. The van der Waals surface area contributed by atoms with Gasteiger partial charge in [0.05, 0.1) is 11.2 Å². The van der Waals surface area contributed by atoms with Gasteiger partial charge in [0.2, 0.25) is 11.6 Å². The van der Waals surface area contributed by atoms with Crippen LogP contribution in [0.3, 0.4) is 0 Å². The lowest BCUT2D eigenvalue weighted by molar-refractivity contribution is 0.103. The number of aromatic nitrogens is 2. The molecule has 4 nitrogen and oxygen atoms in total. The van der Waals surface area contributed by atoms with Crippen LogP contribution in [0.5, 0.6) is 5.75 Å². The van der Waals surface area contributed by atoms with Crippen LogP contribution in [0.1, 0.15) is 54.0 Å². The van der Waals surface area contributed by atoms with Crippen LogP contribution in [0, 0.1) is 12.3 Å². The van der Waals surface area contributed by atoms with Crippen LogP contribution in [0.2, 0.25) is 0 Å². The fourth-order valence-electron chi connectivity index (χ4n) is 3.69. The summed E-state index contributed by atoms with van der Waals surface area (Å²) >= 11 is 0. The molecule has 4 aromatic rings. The van der Waals surface area contributed by atoms with Crippen molar-refractivity contribution in [1.29, 1.82) is 0 Å². The van der Waals surface area contributed by atoms with Crippen molar-refractivity contribution in [2.45, 2.75) is 33.1 Å². The number of hydrogen-bond donors (Lipinski definition) is 0. The van der Waals surface area contributed by atoms with Gasteiger partial charge in [-0.1, -0.05) is 75.2 Å². The van der Waals surface area contributed by atoms with E-state index in [1.165, 1.54) is 11.1 Å². The Morgan fingerprint density at radius 1 is 1.00 bits per heavy atom. The zero-order valence-corrected chi connectivity index (χ0v) is 19.1. The summed E-state index contributed by atoms with van der Waals surface area (Å²) in [5.74, 6) is 3.51. The van der Waals surface area contributed by atoms with Crippen LogP contribution in [0.4, 0.5) is 0 Å². The van der Waals surface area contributed by atoms with E-state index in [9.17, 15) is 4.79 Å². The summed E-state index contributed by atoms with van der Waals surface area (Å²) in [6, 6.07) is 21.4. The van der Waals surface area contributed by atoms with E-state index < -0.39 is 0 Å². The van der Waals surface area contributed by atoms with Crippen molar-refractivity contribution >= 4 is 16.7 Å². The van der Waals surface area contributed by atoms with Crippen LogP contribution in [-0.4, -0.2) is 22.4 Å². The first kappa shape index (κ1) is 22.2. The summed E-state index contributed by atoms with van der Waals surface area (Å²) in [5, 5.41) is 0.805. The van der Waals surface area contributed by atoms with Crippen molar-refractivity contribution < 1.29 is 9.53 Å². The summed E-state index contributed by atoms with van der Waals surface area (Å²) < 4.78 is 5.61. The van der Waals surface area contributed by atoms with E-state index in [0.717, 1.165) is 17.4 Å². The third-order valence-electron chi connectivity index (χ3n) is 5.67. The molecule has 0 amide bonds. The van der Waals surface area contributed by atoms with E-state index in [1.807, 2.05) is 54.6 Å². The molecule has 0 aliphatic rings. The molecule has 0 bridgehead atoms. The van der Waals surface area contributed by atoms with Gasteiger partial charge in [0, 0.05) is 16.5 Å². The van der Waals surface area contributed by atoms with E-state index >= 15 is 0 Å². The molecule has 0 spiro atoms. The maximum Gasteiger partial charge on any atom is 0.230 e. The molecule has 0 saturated carbocycles. The van der Waals surface area contributed by atoms with E-state index in [4.69, 9.17) is 16.1 Å². The van der Waals surface area contributed by atoms with Crippen molar-refractivity contribution in [3.05, 3.63) is 89.2 Å². The Hall–Kier alpha value is -3.97. The molecule has 3 aromatic carbocycles. The number of hydrogen-bond acceptors (Lipinski definition) is 4. The summed E-state index contributed by atoms with van der Waals surface area (Å²) in [7, 11) is 0. The summed E-state index contributed by atoms with van der Waals surface area (Å²) in [4.78, 5) is 22.6. The monoisotopic (exact) mass is 434 g/mol. The molecule has 0 fully saturated rings. The number of terminal acetylenes is 1. The molecule has 0 saturated heterocycles. The Morgan fingerprint density at radius 3 is 2.36 bits per heavy atom. The zero-order chi connectivity index (χ0) is 23.4. The minimum absolute atomic E-state index is 0.173. The maximum absolute atomic E-state index is 13.3. The van der Waals surface area contributed by atoms with Gasteiger partial charge in [-0.2, -0.15) is 0 Å². The van der Waals surface area contributed by atoms with Crippen LogP contribution in [-0.2, 0) is 6.42 Å². The lowest BCUT2D eigenvalue weighted by Crippen LogP contribution is -2.09. The first-order valence-electron chi connectivity index (χ1n) is 11.1. The van der Waals surface area contributed by atoms with Crippen molar-refractivity contribution in [2.75, 3.05) is 6.61 Å². The molecule has 0 radical (unpaired) electrons. The minimum Gasteiger partial charge on any atom is -0.481 e. The summed E-state index contributed by atoms with van der Waals surface area (Å²) in [5.41, 5.74) is 5.27. The van der Waals surface area contributed by atoms with Gasteiger partial charge in [-0.05, 0) is 41.7 Å². The molecule has 0 aliphatic carbocycles. The second-order valence-corrected chi connectivity index (χ2v) is 8.22. The highest BCUT2D eigenvalue weighted by molar-refractivity contribution is 6.08. The normalized spacial score (nSPS) is 10.9. The maximum atomic E-state index is 13.3. The van der Waals surface area contributed by atoms with Crippen molar-refractivity contribution in [2.24, 2.45) is 0 Å². The van der Waals surface area contributed by atoms with Gasteiger partial charge in [0.15, 0.2) is 0 Å². The number of ketones is 1. The lowest BCUT2D eigenvalue weighted by Gasteiger charge is -2.12. The number of nitrogens with zero attached hydrogens (tertiary/aromatic N) is 2. The Labute approximate surface area is 194 Å². The highest BCUT2D eigenvalue weighted by atomic mass is 16.5. The van der Waals surface area contributed by atoms with Crippen LogP contribution in [0.25, 0.3) is 22.2 Å². The zero-order valence-electron chi connectivity index (χ0n) is 19.1.